The third-order valence-electron chi connectivity index (χ3n) is 4.68. The van der Waals surface area contributed by atoms with E-state index in [-0.39, 0.29) is 5.82 Å². The van der Waals surface area contributed by atoms with Gasteiger partial charge in [0.05, 0.1) is 18.8 Å². The van der Waals surface area contributed by atoms with Crippen LogP contribution >= 0.6 is 0 Å². The number of ether oxygens (including phenoxy) is 1. The third-order valence-corrected chi connectivity index (χ3v) is 4.68. The summed E-state index contributed by atoms with van der Waals surface area (Å²) in [6.07, 6.45) is -0.282. The second kappa shape index (κ2) is 8.75. The molecule has 1 atom stereocenters. The van der Waals surface area contributed by atoms with E-state index in [9.17, 15) is 9.90 Å². The molecule has 2 amide bonds. The lowest BCUT2D eigenvalue weighted by Gasteiger charge is -2.15. The summed E-state index contributed by atoms with van der Waals surface area (Å²) < 4.78 is 20.8. The van der Waals surface area contributed by atoms with Crippen molar-refractivity contribution in [2.45, 2.75) is 19.4 Å². The van der Waals surface area contributed by atoms with Gasteiger partial charge in [-0.2, -0.15) is 0 Å². The Labute approximate surface area is 168 Å². The SMILES string of the molecule is COc1ccc(Cc2ccc(NC(N)=O)cc2)c(F)c1-c1cccc(C(C)O)c1. The fourth-order valence-corrected chi connectivity index (χ4v) is 3.20. The van der Waals surface area contributed by atoms with Gasteiger partial charge in [-0.25, -0.2) is 9.18 Å². The molecule has 0 heterocycles. The molecule has 150 valence electrons. The third kappa shape index (κ3) is 4.73. The Morgan fingerprint density at radius 2 is 1.90 bits per heavy atom. The number of anilines is 1. The van der Waals surface area contributed by atoms with Crippen molar-refractivity contribution in [2.75, 3.05) is 12.4 Å². The summed E-state index contributed by atoms with van der Waals surface area (Å²) in [5.74, 6) is 0.0569. The van der Waals surface area contributed by atoms with Gasteiger partial charge >= 0.3 is 6.03 Å². The van der Waals surface area contributed by atoms with Gasteiger partial charge in [0.2, 0.25) is 0 Å². The van der Waals surface area contributed by atoms with Crippen molar-refractivity contribution < 1.29 is 19.0 Å². The lowest BCUT2D eigenvalue weighted by atomic mass is 9.95. The van der Waals surface area contributed by atoms with Crippen molar-refractivity contribution in [3.05, 3.63) is 83.2 Å². The molecular formula is C23H23FN2O3. The Morgan fingerprint density at radius 1 is 1.17 bits per heavy atom. The molecule has 0 aliphatic rings. The zero-order valence-corrected chi connectivity index (χ0v) is 16.3. The van der Waals surface area contributed by atoms with Gasteiger partial charge in [0.25, 0.3) is 0 Å². The molecule has 0 aliphatic heterocycles. The summed E-state index contributed by atoms with van der Waals surface area (Å²) in [7, 11) is 1.50. The number of nitrogens with one attached hydrogen (secondary N) is 1. The summed E-state index contributed by atoms with van der Waals surface area (Å²) in [5.41, 5.74) is 8.78. The van der Waals surface area contributed by atoms with E-state index in [1.54, 1.807) is 55.5 Å². The van der Waals surface area contributed by atoms with Crippen molar-refractivity contribution in [2.24, 2.45) is 5.73 Å². The Balaban J connectivity index is 1.96. The number of amides is 2. The number of urea groups is 1. The van der Waals surface area contributed by atoms with Crippen LogP contribution in [0, 0.1) is 5.82 Å². The second-order valence-electron chi connectivity index (χ2n) is 6.78. The molecular weight excluding hydrogens is 371 g/mol. The van der Waals surface area contributed by atoms with E-state index in [4.69, 9.17) is 10.5 Å². The van der Waals surface area contributed by atoms with Gasteiger partial charge in [-0.1, -0.05) is 36.4 Å². The maximum Gasteiger partial charge on any atom is 0.316 e. The number of rotatable bonds is 6. The Kier molecular flexibility index (Phi) is 6.14. The highest BCUT2D eigenvalue weighted by Gasteiger charge is 2.17. The molecule has 0 fully saturated rings. The van der Waals surface area contributed by atoms with Crippen LogP contribution in [0.25, 0.3) is 11.1 Å². The van der Waals surface area contributed by atoms with Gasteiger partial charge < -0.3 is 20.9 Å². The van der Waals surface area contributed by atoms with Crippen LogP contribution in [-0.4, -0.2) is 18.2 Å². The number of aliphatic hydroxyl groups excluding tert-OH is 1. The molecule has 4 N–H and O–H groups in total. The zero-order valence-electron chi connectivity index (χ0n) is 16.3. The average molecular weight is 394 g/mol. The predicted molar refractivity (Wildman–Crippen MR) is 111 cm³/mol. The van der Waals surface area contributed by atoms with Crippen LogP contribution < -0.4 is 15.8 Å². The maximum atomic E-state index is 15.5. The first-order valence-corrected chi connectivity index (χ1v) is 9.18. The number of hydrogen-bond acceptors (Lipinski definition) is 3. The van der Waals surface area contributed by atoms with E-state index in [1.807, 2.05) is 12.1 Å². The number of hydrogen-bond donors (Lipinski definition) is 3. The molecule has 3 aromatic rings. The number of nitrogens with two attached hydrogens (primary N) is 1. The quantitative estimate of drug-likeness (QED) is 0.570. The van der Waals surface area contributed by atoms with Crippen molar-refractivity contribution in [1.82, 2.24) is 0 Å². The highest BCUT2D eigenvalue weighted by atomic mass is 19.1. The Hall–Kier alpha value is -3.38. The van der Waals surface area contributed by atoms with E-state index in [1.165, 1.54) is 7.11 Å². The van der Waals surface area contributed by atoms with E-state index < -0.39 is 12.1 Å². The minimum atomic E-state index is -0.653. The lowest BCUT2D eigenvalue weighted by molar-refractivity contribution is 0.199. The number of benzene rings is 3. The second-order valence-corrected chi connectivity index (χ2v) is 6.78. The normalized spacial score (nSPS) is 11.7. The minimum Gasteiger partial charge on any atom is -0.496 e. The van der Waals surface area contributed by atoms with Crippen LogP contribution in [0.15, 0.2) is 60.7 Å². The average Bonchev–Trinajstić information content (AvgIpc) is 2.70. The summed E-state index contributed by atoms with van der Waals surface area (Å²) in [5, 5.41) is 12.4. The highest BCUT2D eigenvalue weighted by molar-refractivity contribution is 5.87. The van der Waals surface area contributed by atoms with E-state index in [0.717, 1.165) is 5.56 Å². The fraction of sp³-hybridized carbons (Fsp3) is 0.174. The van der Waals surface area contributed by atoms with Gasteiger partial charge in [0.1, 0.15) is 11.6 Å². The van der Waals surface area contributed by atoms with E-state index in [0.29, 0.717) is 40.1 Å². The summed E-state index contributed by atoms with van der Waals surface area (Å²) in [6.45, 7) is 1.67. The molecule has 0 saturated carbocycles. The minimum absolute atomic E-state index is 0.361. The molecule has 1 unspecified atom stereocenters. The zero-order chi connectivity index (χ0) is 21.0. The smallest absolute Gasteiger partial charge is 0.316 e. The summed E-state index contributed by atoms with van der Waals surface area (Å²) in [6, 6.07) is 17.0. The molecule has 29 heavy (non-hydrogen) atoms. The highest BCUT2D eigenvalue weighted by Crippen LogP contribution is 2.36. The Bertz CT molecular complexity index is 1020. The van der Waals surface area contributed by atoms with Crippen LogP contribution in [0.1, 0.15) is 29.7 Å². The number of carbonyl (C=O) groups excluding carboxylic acids is 1. The largest absolute Gasteiger partial charge is 0.496 e. The first-order valence-electron chi connectivity index (χ1n) is 9.18. The van der Waals surface area contributed by atoms with Gasteiger partial charge in [-0.15, -0.1) is 0 Å². The lowest BCUT2D eigenvalue weighted by Crippen LogP contribution is -2.19. The molecule has 3 rings (SSSR count). The number of halogens is 1. The van der Waals surface area contributed by atoms with Crippen molar-refractivity contribution in [3.63, 3.8) is 0 Å². The number of carbonyl (C=O) groups is 1. The number of primary amides is 1. The van der Waals surface area contributed by atoms with Gasteiger partial charge in [0, 0.05) is 12.1 Å². The van der Waals surface area contributed by atoms with Crippen LogP contribution in [0.4, 0.5) is 14.9 Å². The van der Waals surface area contributed by atoms with Crippen LogP contribution in [0.2, 0.25) is 0 Å². The number of aliphatic hydroxyl groups is 1. The van der Waals surface area contributed by atoms with Crippen molar-refractivity contribution in [1.29, 1.82) is 0 Å². The molecule has 0 saturated heterocycles. The molecule has 0 aromatic heterocycles. The standard InChI is InChI=1S/C23H23FN2O3/c1-14(27)16-4-3-5-17(13-16)21-20(29-2)11-8-18(22(21)24)12-15-6-9-19(10-7-15)26-23(25)28/h3-11,13-14,27H,12H2,1-2H3,(H3,25,26,28). The fourth-order valence-electron chi connectivity index (χ4n) is 3.20. The summed E-state index contributed by atoms with van der Waals surface area (Å²) in [4.78, 5) is 10.9. The van der Waals surface area contributed by atoms with Gasteiger partial charge in [-0.05, 0) is 53.4 Å². The van der Waals surface area contributed by atoms with Crippen molar-refractivity contribution in [3.8, 4) is 16.9 Å². The molecule has 6 heteroatoms. The first kappa shape index (κ1) is 20.4. The molecule has 0 aliphatic carbocycles. The first-order chi connectivity index (χ1) is 13.9. The van der Waals surface area contributed by atoms with Crippen LogP contribution in [0.3, 0.4) is 0 Å². The van der Waals surface area contributed by atoms with E-state index >= 15 is 4.39 Å². The molecule has 0 spiro atoms. The van der Waals surface area contributed by atoms with Gasteiger partial charge in [0.15, 0.2) is 0 Å². The monoisotopic (exact) mass is 394 g/mol. The van der Waals surface area contributed by atoms with Crippen molar-refractivity contribution >= 4 is 11.7 Å². The maximum absolute atomic E-state index is 15.5. The van der Waals surface area contributed by atoms with Gasteiger partial charge in [-0.3, -0.25) is 0 Å². The number of methoxy groups -OCH3 is 1. The Morgan fingerprint density at radius 3 is 2.52 bits per heavy atom. The predicted octanol–water partition coefficient (Wildman–Crippen LogP) is 4.64. The molecule has 0 bridgehead atoms. The summed E-state index contributed by atoms with van der Waals surface area (Å²) >= 11 is 0. The topological polar surface area (TPSA) is 84.6 Å². The molecule has 5 nitrogen and oxygen atoms in total. The van der Waals surface area contributed by atoms with E-state index in [2.05, 4.69) is 5.32 Å². The molecule has 0 radical (unpaired) electrons. The molecule has 3 aromatic carbocycles. The van der Waals surface area contributed by atoms with Crippen LogP contribution in [0.5, 0.6) is 5.75 Å². The van der Waals surface area contributed by atoms with Crippen LogP contribution in [-0.2, 0) is 6.42 Å².